The predicted octanol–water partition coefficient (Wildman–Crippen LogP) is 13.2. The molecule has 6 heteroatoms. The largest absolute Gasteiger partial charge is 0.510 e. The Kier molecular flexibility index (Phi) is 7.23. The van der Waals surface area contributed by atoms with E-state index in [1.807, 2.05) is 66.9 Å². The number of ether oxygens (including phenoxy) is 1. The van der Waals surface area contributed by atoms with Gasteiger partial charge in [0.1, 0.15) is 5.82 Å². The number of rotatable bonds is 7. The van der Waals surface area contributed by atoms with E-state index in [1.165, 1.54) is 16.7 Å². The summed E-state index contributed by atoms with van der Waals surface area (Å²) >= 11 is 0. The summed E-state index contributed by atoms with van der Waals surface area (Å²) in [6.45, 7) is 11.4. The fourth-order valence-corrected chi connectivity index (χ4v) is 9.82. The van der Waals surface area contributed by atoms with Crippen molar-refractivity contribution >= 4 is 32.8 Å². The fourth-order valence-electron chi connectivity index (χ4n) is 9.82. The van der Waals surface area contributed by atoms with Crippen LogP contribution in [0, 0.1) is 25.4 Å². The minimum absolute atomic E-state index is 0. The van der Waals surface area contributed by atoms with Crippen LogP contribution >= 0.6 is 0 Å². The maximum atomic E-state index is 9.02. The van der Waals surface area contributed by atoms with Crippen LogP contribution in [0.2, 0.25) is 0 Å². The van der Waals surface area contributed by atoms with Crippen molar-refractivity contribution in [3.63, 3.8) is 0 Å². The number of aryl methyl sites for hydroxylation is 1. The van der Waals surface area contributed by atoms with Gasteiger partial charge in [0.15, 0.2) is 0 Å². The Morgan fingerprint density at radius 1 is 0.661 bits per heavy atom. The molecule has 0 saturated heterocycles. The molecule has 5 nitrogen and oxygen atoms in total. The maximum absolute atomic E-state index is 9.02. The van der Waals surface area contributed by atoms with Crippen LogP contribution in [0.1, 0.15) is 64.5 Å². The third-order valence-corrected chi connectivity index (χ3v) is 11.8. The Balaban J connectivity index is 0.00000596. The molecular formula is C56H44N4OPt-2. The number of hydrogen-bond donors (Lipinski definition) is 0. The van der Waals surface area contributed by atoms with Gasteiger partial charge in [-0.2, -0.15) is 18.2 Å². The van der Waals surface area contributed by atoms with Gasteiger partial charge in [-0.3, -0.25) is 4.57 Å². The van der Waals surface area contributed by atoms with Crippen molar-refractivity contribution in [1.29, 1.82) is 0 Å². The molecule has 1 aliphatic carbocycles. The van der Waals surface area contributed by atoms with Crippen molar-refractivity contribution in [3.8, 4) is 50.9 Å². The van der Waals surface area contributed by atoms with Gasteiger partial charge in [0.25, 0.3) is 6.33 Å². The first-order valence-electron chi connectivity index (χ1n) is 25.2. The molecule has 0 saturated carbocycles. The second-order valence-electron chi connectivity index (χ2n) is 16.9. The third kappa shape index (κ3) is 6.41. The van der Waals surface area contributed by atoms with Crippen LogP contribution in [0.4, 0.5) is 0 Å². The first-order valence-corrected chi connectivity index (χ1v) is 20.2. The van der Waals surface area contributed by atoms with Crippen molar-refractivity contribution in [2.75, 3.05) is 0 Å². The van der Waals surface area contributed by atoms with Crippen LogP contribution in [0.5, 0.6) is 11.5 Å². The van der Waals surface area contributed by atoms with E-state index in [2.05, 4.69) is 69.8 Å². The summed E-state index contributed by atoms with van der Waals surface area (Å²) in [4.78, 5) is 5.15. The van der Waals surface area contributed by atoms with Gasteiger partial charge in [-0.1, -0.05) is 154 Å². The molecule has 10 aromatic rings. The molecule has 7 aromatic carbocycles. The number of para-hydroxylation sites is 4. The molecule has 0 amide bonds. The minimum atomic E-state index is -0.569. The predicted molar refractivity (Wildman–Crippen MR) is 246 cm³/mol. The van der Waals surface area contributed by atoms with Crippen LogP contribution in [0.15, 0.2) is 164 Å². The van der Waals surface area contributed by atoms with Crippen molar-refractivity contribution in [3.05, 3.63) is 199 Å². The van der Waals surface area contributed by atoms with Crippen LogP contribution < -0.4 is 9.30 Å². The number of nitrogens with zero attached hydrogens (tertiary/aromatic N) is 4. The molecule has 0 radical (unpaired) electrons. The van der Waals surface area contributed by atoms with E-state index in [1.54, 1.807) is 33.4 Å². The van der Waals surface area contributed by atoms with E-state index in [0.717, 1.165) is 34.0 Å². The van der Waals surface area contributed by atoms with Crippen LogP contribution in [0.25, 0.3) is 72.3 Å². The number of aromatic nitrogens is 4. The number of hydrogen-bond acceptors (Lipinski definition) is 2. The van der Waals surface area contributed by atoms with Gasteiger partial charge in [-0.05, 0) is 74.7 Å². The zero-order valence-electron chi connectivity index (χ0n) is 44.5. The van der Waals surface area contributed by atoms with Gasteiger partial charge in [-0.25, -0.2) is 4.98 Å². The SMILES string of the molecule is [2H]c1c([2H])c([2H])c(-c2cccc(-c3c([2H])c([2H])c([2H])c([2H])c3[2H])c2-[n+]2[c-]n(-c3[c-]c(Oc4[c-]c5c(cc4)c4ccccc4n5-c4ncc(C)c5c4C(C)(C)CC5(C)C)ccc3)c3ccccc32)c([2H])c1[2H].[Pt]. The van der Waals surface area contributed by atoms with Crippen molar-refractivity contribution in [2.24, 2.45) is 0 Å². The topological polar surface area (TPSA) is 35.9 Å². The Morgan fingerprint density at radius 3 is 2.02 bits per heavy atom. The molecule has 0 N–H and O–H groups in total. The fraction of sp³-hybridized carbons (Fsp3) is 0.143. The number of benzene rings is 7. The smallest absolute Gasteiger partial charge is 0.268 e. The zero-order chi connectivity index (χ0) is 50.2. The van der Waals surface area contributed by atoms with Crippen molar-refractivity contribution in [1.82, 2.24) is 14.1 Å². The van der Waals surface area contributed by atoms with E-state index in [-0.39, 0.29) is 59.8 Å². The summed E-state index contributed by atoms with van der Waals surface area (Å²) in [5.41, 5.74) is 7.23. The van der Waals surface area contributed by atoms with Crippen LogP contribution in [0.3, 0.4) is 0 Å². The number of fused-ring (bicyclic) bond motifs is 5. The van der Waals surface area contributed by atoms with Crippen LogP contribution in [-0.4, -0.2) is 14.1 Å². The molecule has 62 heavy (non-hydrogen) atoms. The summed E-state index contributed by atoms with van der Waals surface area (Å²) in [5.74, 6) is 1.70. The zero-order valence-corrected chi connectivity index (χ0v) is 36.8. The minimum Gasteiger partial charge on any atom is -0.510 e. The van der Waals surface area contributed by atoms with Crippen molar-refractivity contribution < 1.29 is 44.1 Å². The van der Waals surface area contributed by atoms with Gasteiger partial charge in [-0.15, -0.1) is 29.7 Å². The maximum Gasteiger partial charge on any atom is 0.268 e. The van der Waals surface area contributed by atoms with Gasteiger partial charge in [0, 0.05) is 49.8 Å². The molecule has 0 unspecified atom stereocenters. The number of imidazole rings is 1. The van der Waals surface area contributed by atoms with Crippen LogP contribution in [-0.2, 0) is 31.9 Å². The average molecular weight is 994 g/mol. The number of pyridine rings is 1. The summed E-state index contributed by atoms with van der Waals surface area (Å²) in [6.07, 6.45) is 6.38. The average Bonchev–Trinajstić information content (AvgIpc) is 3.96. The van der Waals surface area contributed by atoms with E-state index in [9.17, 15) is 0 Å². The molecule has 0 fully saturated rings. The van der Waals surface area contributed by atoms with E-state index >= 15 is 0 Å². The van der Waals surface area contributed by atoms with Crippen molar-refractivity contribution in [2.45, 2.75) is 51.9 Å². The Hall–Kier alpha value is -6.55. The molecule has 0 spiro atoms. The normalized spacial score (nSPS) is 16.2. The van der Waals surface area contributed by atoms with Gasteiger partial charge < -0.3 is 13.9 Å². The molecule has 11 rings (SSSR count). The molecule has 3 heterocycles. The van der Waals surface area contributed by atoms with Gasteiger partial charge in [0.2, 0.25) is 0 Å². The molecule has 0 aliphatic heterocycles. The summed E-state index contributed by atoms with van der Waals surface area (Å²) < 4.78 is 99.2. The second kappa shape index (κ2) is 15.1. The molecule has 306 valence electrons. The third-order valence-electron chi connectivity index (χ3n) is 11.8. The molecular weight excluding hydrogens is 940 g/mol. The Bertz CT molecular complexity index is 3790. The standard InChI is InChI=1S/C56H44N4O.Pt/c1-37-34-57-54(52-51(37)55(2,3)35-56(52,4)5)60-47-27-13-12-24-45(47)46-31-30-42(33-50(46)60)61-41-23-16-22-40(32-41)58-36-59(49-29-15-14-28-48(49)58)53-43(38-18-8-6-9-19-38)25-17-26-44(53)39-20-10-7-11-21-39;/h6-31,34H,35H2,1-5H3;/q-2;/i6D,7D,8D,9D,10D,11D,18D,19D,20D,21D;. The summed E-state index contributed by atoms with van der Waals surface area (Å²) in [6, 6.07) is 31.6. The quantitative estimate of drug-likeness (QED) is 0.118. The first-order chi connectivity index (χ1) is 33.8. The first kappa shape index (κ1) is 29.7. The van der Waals surface area contributed by atoms with E-state index in [4.69, 9.17) is 23.4 Å². The molecule has 0 atom stereocenters. The van der Waals surface area contributed by atoms with Gasteiger partial charge in [0.05, 0.1) is 30.4 Å². The molecule has 3 aromatic heterocycles. The molecule has 1 aliphatic rings. The van der Waals surface area contributed by atoms with E-state index in [0.29, 0.717) is 28.2 Å². The monoisotopic (exact) mass is 993 g/mol. The van der Waals surface area contributed by atoms with Gasteiger partial charge >= 0.3 is 0 Å². The second-order valence-corrected chi connectivity index (χ2v) is 16.9. The Labute approximate surface area is 391 Å². The summed E-state index contributed by atoms with van der Waals surface area (Å²) in [7, 11) is 0. The Morgan fingerprint density at radius 2 is 1.29 bits per heavy atom. The van der Waals surface area contributed by atoms with E-state index < -0.39 is 60.4 Å². The summed E-state index contributed by atoms with van der Waals surface area (Å²) in [5, 5.41) is 2.07. The molecule has 0 bridgehead atoms.